The second-order valence-electron chi connectivity index (χ2n) is 3.96. The molecular weight excluding hydrogens is 224 g/mol. The van der Waals surface area contributed by atoms with Crippen LogP contribution >= 0.6 is 0 Å². The molecule has 0 spiro atoms. The van der Waals surface area contributed by atoms with E-state index in [1.54, 1.807) is 7.11 Å². The Morgan fingerprint density at radius 3 is 2.94 bits per heavy atom. The standard InChI is InChI=1S/C10H18N4O3/c1-8(7-17-3)13(2)4-5-14-6-9(10(15)16)11-12-14/h6,8H,4-5,7H2,1-3H3,(H,15,16). The van der Waals surface area contributed by atoms with Crippen molar-refractivity contribution in [2.75, 3.05) is 27.3 Å². The van der Waals surface area contributed by atoms with Crippen LogP contribution in [0.1, 0.15) is 17.4 Å². The largest absolute Gasteiger partial charge is 0.476 e. The van der Waals surface area contributed by atoms with Gasteiger partial charge in [-0.1, -0.05) is 5.21 Å². The summed E-state index contributed by atoms with van der Waals surface area (Å²) >= 11 is 0. The van der Waals surface area contributed by atoms with Gasteiger partial charge in [-0.2, -0.15) is 0 Å². The molecule has 1 atom stereocenters. The Labute approximate surface area is 100.0 Å². The van der Waals surface area contributed by atoms with Crippen molar-refractivity contribution in [2.24, 2.45) is 0 Å². The van der Waals surface area contributed by atoms with Crippen LogP contribution in [0.4, 0.5) is 0 Å². The number of carbonyl (C=O) groups is 1. The summed E-state index contributed by atoms with van der Waals surface area (Å²) in [5, 5.41) is 16.0. The Hall–Kier alpha value is -1.47. The van der Waals surface area contributed by atoms with Gasteiger partial charge in [0, 0.05) is 19.7 Å². The summed E-state index contributed by atoms with van der Waals surface area (Å²) in [4.78, 5) is 12.7. The first-order valence-electron chi connectivity index (χ1n) is 5.37. The summed E-state index contributed by atoms with van der Waals surface area (Å²) in [5.41, 5.74) is -0.0300. The lowest BCUT2D eigenvalue weighted by Crippen LogP contribution is -2.35. The molecule has 0 aliphatic rings. The molecule has 0 bridgehead atoms. The zero-order chi connectivity index (χ0) is 12.8. The van der Waals surface area contributed by atoms with Crippen LogP contribution in [-0.2, 0) is 11.3 Å². The lowest BCUT2D eigenvalue weighted by Gasteiger charge is -2.23. The van der Waals surface area contributed by atoms with Crippen LogP contribution in [0.15, 0.2) is 6.20 Å². The fourth-order valence-electron chi connectivity index (χ4n) is 1.35. The van der Waals surface area contributed by atoms with Gasteiger partial charge >= 0.3 is 5.97 Å². The van der Waals surface area contributed by atoms with Crippen molar-refractivity contribution in [3.63, 3.8) is 0 Å². The number of hydrogen-bond acceptors (Lipinski definition) is 5. The molecule has 1 N–H and O–H groups in total. The van der Waals surface area contributed by atoms with Gasteiger partial charge in [-0.25, -0.2) is 4.79 Å². The molecule has 0 saturated heterocycles. The molecule has 0 fully saturated rings. The van der Waals surface area contributed by atoms with Crippen LogP contribution in [0.5, 0.6) is 0 Å². The maximum Gasteiger partial charge on any atom is 0.358 e. The Morgan fingerprint density at radius 1 is 1.71 bits per heavy atom. The highest BCUT2D eigenvalue weighted by Crippen LogP contribution is 1.98. The quantitative estimate of drug-likeness (QED) is 0.721. The number of carboxylic acid groups (broad SMARTS) is 1. The van der Waals surface area contributed by atoms with Gasteiger partial charge in [0.15, 0.2) is 5.69 Å². The third-order valence-corrected chi connectivity index (χ3v) is 2.60. The van der Waals surface area contributed by atoms with Gasteiger partial charge in [0.25, 0.3) is 0 Å². The summed E-state index contributed by atoms with van der Waals surface area (Å²) in [6.07, 6.45) is 1.43. The van der Waals surface area contributed by atoms with E-state index >= 15 is 0 Å². The highest BCUT2D eigenvalue weighted by Gasteiger charge is 2.11. The summed E-state index contributed by atoms with van der Waals surface area (Å²) in [6, 6.07) is 0.308. The first kappa shape index (κ1) is 13.6. The number of nitrogens with zero attached hydrogens (tertiary/aromatic N) is 4. The second-order valence-corrected chi connectivity index (χ2v) is 3.96. The number of hydrogen-bond donors (Lipinski definition) is 1. The van der Waals surface area contributed by atoms with Crippen LogP contribution in [0.3, 0.4) is 0 Å². The smallest absolute Gasteiger partial charge is 0.358 e. The van der Waals surface area contributed by atoms with E-state index in [4.69, 9.17) is 9.84 Å². The third kappa shape index (κ3) is 4.12. The van der Waals surface area contributed by atoms with Gasteiger partial charge in [-0.3, -0.25) is 9.58 Å². The van der Waals surface area contributed by atoms with Crippen molar-refractivity contribution in [3.8, 4) is 0 Å². The fraction of sp³-hybridized carbons (Fsp3) is 0.700. The minimum atomic E-state index is -1.06. The predicted octanol–water partition coefficient (Wildman–Crippen LogP) is -0.0570. The van der Waals surface area contributed by atoms with Gasteiger partial charge in [0.1, 0.15) is 0 Å². The van der Waals surface area contributed by atoms with Crippen LogP contribution < -0.4 is 0 Å². The van der Waals surface area contributed by atoms with Gasteiger partial charge in [0.2, 0.25) is 0 Å². The van der Waals surface area contributed by atoms with Gasteiger partial charge in [-0.05, 0) is 14.0 Å². The van der Waals surface area contributed by atoms with E-state index < -0.39 is 5.97 Å². The zero-order valence-electron chi connectivity index (χ0n) is 10.3. The third-order valence-electron chi connectivity index (χ3n) is 2.60. The number of likely N-dealkylation sites (N-methyl/N-ethyl adjacent to an activating group) is 1. The Bertz CT molecular complexity index is 366. The topological polar surface area (TPSA) is 80.5 Å². The van der Waals surface area contributed by atoms with Crippen molar-refractivity contribution in [1.29, 1.82) is 0 Å². The molecular formula is C10H18N4O3. The molecule has 0 aromatic carbocycles. The average molecular weight is 242 g/mol. The lowest BCUT2D eigenvalue weighted by atomic mass is 10.3. The van der Waals surface area contributed by atoms with Gasteiger partial charge in [0.05, 0.1) is 19.3 Å². The van der Waals surface area contributed by atoms with E-state index in [1.807, 2.05) is 7.05 Å². The van der Waals surface area contributed by atoms with Crippen LogP contribution in [-0.4, -0.2) is 64.3 Å². The van der Waals surface area contributed by atoms with E-state index in [9.17, 15) is 4.79 Å². The zero-order valence-corrected chi connectivity index (χ0v) is 10.3. The first-order valence-corrected chi connectivity index (χ1v) is 5.37. The first-order chi connectivity index (χ1) is 8.04. The molecule has 0 saturated carbocycles. The molecule has 0 aliphatic heterocycles. The molecule has 7 heteroatoms. The number of carboxylic acids is 1. The Kier molecular flexibility index (Phi) is 5.05. The minimum Gasteiger partial charge on any atom is -0.476 e. The predicted molar refractivity (Wildman–Crippen MR) is 60.9 cm³/mol. The van der Waals surface area contributed by atoms with E-state index in [-0.39, 0.29) is 5.69 Å². The van der Waals surface area contributed by atoms with Crippen molar-refractivity contribution in [3.05, 3.63) is 11.9 Å². The highest BCUT2D eigenvalue weighted by atomic mass is 16.5. The number of aromatic carboxylic acids is 1. The van der Waals surface area contributed by atoms with Crippen molar-refractivity contribution in [1.82, 2.24) is 19.9 Å². The molecule has 1 aromatic heterocycles. The molecule has 96 valence electrons. The molecule has 0 radical (unpaired) electrons. The maximum absolute atomic E-state index is 10.6. The van der Waals surface area contributed by atoms with E-state index in [1.165, 1.54) is 10.9 Å². The summed E-state index contributed by atoms with van der Waals surface area (Å²) < 4.78 is 6.59. The lowest BCUT2D eigenvalue weighted by molar-refractivity contribution is 0.0690. The maximum atomic E-state index is 10.6. The van der Waals surface area contributed by atoms with E-state index in [0.717, 1.165) is 6.54 Å². The minimum absolute atomic E-state index is 0.0300. The van der Waals surface area contributed by atoms with Gasteiger partial charge in [-0.15, -0.1) is 5.10 Å². The van der Waals surface area contributed by atoms with E-state index in [0.29, 0.717) is 19.2 Å². The molecule has 0 aliphatic carbocycles. The highest BCUT2D eigenvalue weighted by molar-refractivity contribution is 5.84. The molecule has 0 amide bonds. The summed E-state index contributed by atoms with van der Waals surface area (Å²) in [5.74, 6) is -1.06. The summed E-state index contributed by atoms with van der Waals surface area (Å²) in [6.45, 7) is 4.08. The van der Waals surface area contributed by atoms with Crippen molar-refractivity contribution >= 4 is 5.97 Å². The van der Waals surface area contributed by atoms with Crippen LogP contribution in [0, 0.1) is 0 Å². The average Bonchev–Trinajstić information content (AvgIpc) is 2.75. The normalized spacial score (nSPS) is 12.9. The summed E-state index contributed by atoms with van der Waals surface area (Å²) in [7, 11) is 3.65. The molecule has 17 heavy (non-hydrogen) atoms. The number of aromatic nitrogens is 3. The number of ether oxygens (including phenoxy) is 1. The van der Waals surface area contributed by atoms with Crippen LogP contribution in [0.25, 0.3) is 0 Å². The molecule has 1 unspecified atom stereocenters. The number of methoxy groups -OCH3 is 1. The monoisotopic (exact) mass is 242 g/mol. The fourth-order valence-corrected chi connectivity index (χ4v) is 1.35. The Morgan fingerprint density at radius 2 is 2.41 bits per heavy atom. The molecule has 7 nitrogen and oxygen atoms in total. The molecule has 1 heterocycles. The van der Waals surface area contributed by atoms with Gasteiger partial charge < -0.3 is 9.84 Å². The SMILES string of the molecule is COCC(C)N(C)CCn1cc(C(=O)O)nn1. The van der Waals surface area contributed by atoms with Crippen molar-refractivity contribution in [2.45, 2.75) is 19.5 Å². The van der Waals surface area contributed by atoms with Crippen molar-refractivity contribution < 1.29 is 14.6 Å². The second kappa shape index (κ2) is 6.31. The van der Waals surface area contributed by atoms with Crippen LogP contribution in [0.2, 0.25) is 0 Å². The molecule has 1 rings (SSSR count). The number of rotatable bonds is 7. The van der Waals surface area contributed by atoms with E-state index in [2.05, 4.69) is 22.1 Å². The molecule has 1 aromatic rings. The Balaban J connectivity index is 2.41.